The van der Waals surface area contributed by atoms with Crippen LogP contribution in [-0.4, -0.2) is 41.8 Å². The monoisotopic (exact) mass is 402 g/mol. The van der Waals surface area contributed by atoms with E-state index in [1.165, 1.54) is 12.1 Å². The van der Waals surface area contributed by atoms with E-state index in [4.69, 9.17) is 0 Å². The number of hydrogen-bond donors (Lipinski definition) is 1. The predicted molar refractivity (Wildman–Crippen MR) is 102 cm³/mol. The Kier molecular flexibility index (Phi) is 8.01. The van der Waals surface area contributed by atoms with E-state index in [0.717, 1.165) is 37.3 Å². The second kappa shape index (κ2) is 10.0. The number of alkyl halides is 3. The summed E-state index contributed by atoms with van der Waals surface area (Å²) in [5.41, 5.74) is -0.389. The first kappa shape index (κ1) is 21.6. The SMILES string of the molecule is CSCCC(=O)N1CCC[C@@H](CCC(=O)Nc2ccc(C(F)(F)F)cc2)C1. The highest BCUT2D eigenvalue weighted by Crippen LogP contribution is 2.30. The highest BCUT2D eigenvalue weighted by molar-refractivity contribution is 7.98. The minimum atomic E-state index is -4.39. The van der Waals surface area contributed by atoms with Gasteiger partial charge in [0.25, 0.3) is 0 Å². The van der Waals surface area contributed by atoms with Gasteiger partial charge in [-0.15, -0.1) is 0 Å². The minimum absolute atomic E-state index is 0.170. The number of rotatable bonds is 7. The molecule has 2 rings (SSSR count). The summed E-state index contributed by atoms with van der Waals surface area (Å²) in [6.45, 7) is 1.46. The molecule has 150 valence electrons. The smallest absolute Gasteiger partial charge is 0.342 e. The Hall–Kier alpha value is -1.70. The van der Waals surface area contributed by atoms with E-state index >= 15 is 0 Å². The molecule has 0 bridgehead atoms. The quantitative estimate of drug-likeness (QED) is 0.735. The molecule has 4 nitrogen and oxygen atoms in total. The van der Waals surface area contributed by atoms with Crippen LogP contribution in [0.3, 0.4) is 0 Å². The van der Waals surface area contributed by atoms with Crippen LogP contribution in [0.4, 0.5) is 18.9 Å². The lowest BCUT2D eigenvalue weighted by Gasteiger charge is -2.32. The molecule has 0 saturated carbocycles. The molecule has 1 atom stereocenters. The number of benzene rings is 1. The molecule has 1 saturated heterocycles. The van der Waals surface area contributed by atoms with Crippen LogP contribution in [0.2, 0.25) is 0 Å². The third-order valence-corrected chi connectivity index (χ3v) is 5.28. The summed E-state index contributed by atoms with van der Waals surface area (Å²) in [5.74, 6) is 1.05. The average Bonchev–Trinajstić information content (AvgIpc) is 2.64. The van der Waals surface area contributed by atoms with E-state index < -0.39 is 11.7 Å². The summed E-state index contributed by atoms with van der Waals surface area (Å²) in [4.78, 5) is 26.1. The lowest BCUT2D eigenvalue weighted by Crippen LogP contribution is -2.40. The van der Waals surface area contributed by atoms with E-state index in [0.29, 0.717) is 31.5 Å². The van der Waals surface area contributed by atoms with Gasteiger partial charge in [0.1, 0.15) is 0 Å². The van der Waals surface area contributed by atoms with Crippen molar-refractivity contribution < 1.29 is 22.8 Å². The fourth-order valence-electron chi connectivity index (χ4n) is 3.18. The van der Waals surface area contributed by atoms with Crippen LogP contribution < -0.4 is 5.32 Å². The molecule has 0 aromatic heterocycles. The summed E-state index contributed by atoms with van der Waals surface area (Å²) >= 11 is 1.65. The van der Waals surface area contributed by atoms with E-state index in [9.17, 15) is 22.8 Å². The Morgan fingerprint density at radius 1 is 1.22 bits per heavy atom. The van der Waals surface area contributed by atoms with Gasteiger partial charge in [0.15, 0.2) is 0 Å². The zero-order chi connectivity index (χ0) is 19.9. The second-order valence-electron chi connectivity index (χ2n) is 6.75. The predicted octanol–water partition coefficient (Wildman–Crippen LogP) is 4.42. The number of carbonyl (C=O) groups excluding carboxylic acids is 2. The summed E-state index contributed by atoms with van der Waals surface area (Å²) in [6, 6.07) is 4.42. The van der Waals surface area contributed by atoms with Crippen LogP contribution >= 0.6 is 11.8 Å². The molecule has 1 aromatic carbocycles. The molecule has 1 N–H and O–H groups in total. The van der Waals surface area contributed by atoms with Gasteiger partial charge in [0.2, 0.25) is 11.8 Å². The summed E-state index contributed by atoms with van der Waals surface area (Å²) < 4.78 is 37.6. The molecule has 1 aromatic rings. The molecule has 1 aliphatic rings. The molecule has 8 heteroatoms. The largest absolute Gasteiger partial charge is 0.416 e. The van der Waals surface area contributed by atoms with Gasteiger partial charge in [-0.05, 0) is 55.7 Å². The maximum atomic E-state index is 12.5. The number of nitrogens with zero attached hydrogens (tertiary/aromatic N) is 1. The van der Waals surface area contributed by atoms with Crippen molar-refractivity contribution in [1.82, 2.24) is 4.90 Å². The number of piperidine rings is 1. The van der Waals surface area contributed by atoms with Crippen molar-refractivity contribution in [2.75, 3.05) is 30.4 Å². The Bertz CT molecular complexity index is 635. The number of carbonyl (C=O) groups is 2. The highest BCUT2D eigenvalue weighted by Gasteiger charge is 2.30. The Morgan fingerprint density at radius 2 is 1.93 bits per heavy atom. The Balaban J connectivity index is 1.77. The lowest BCUT2D eigenvalue weighted by atomic mass is 9.93. The van der Waals surface area contributed by atoms with Crippen molar-refractivity contribution in [3.63, 3.8) is 0 Å². The third-order valence-electron chi connectivity index (χ3n) is 4.67. The van der Waals surface area contributed by atoms with Gasteiger partial charge in [-0.1, -0.05) is 0 Å². The second-order valence-corrected chi connectivity index (χ2v) is 7.74. The van der Waals surface area contributed by atoms with E-state index in [2.05, 4.69) is 5.32 Å². The van der Waals surface area contributed by atoms with Crippen molar-refractivity contribution in [2.24, 2.45) is 5.92 Å². The molecule has 1 fully saturated rings. The van der Waals surface area contributed by atoms with Crippen molar-refractivity contribution in [1.29, 1.82) is 0 Å². The molecule has 27 heavy (non-hydrogen) atoms. The van der Waals surface area contributed by atoms with Crippen LogP contribution in [0.25, 0.3) is 0 Å². The van der Waals surface area contributed by atoms with Gasteiger partial charge in [-0.25, -0.2) is 0 Å². The van der Waals surface area contributed by atoms with E-state index in [1.54, 1.807) is 11.8 Å². The van der Waals surface area contributed by atoms with E-state index in [-0.39, 0.29) is 17.7 Å². The van der Waals surface area contributed by atoms with Gasteiger partial charge in [0.05, 0.1) is 5.56 Å². The number of likely N-dealkylation sites (tertiary alicyclic amines) is 1. The van der Waals surface area contributed by atoms with Crippen LogP contribution in [0.1, 0.15) is 37.7 Å². The van der Waals surface area contributed by atoms with Crippen LogP contribution in [-0.2, 0) is 15.8 Å². The fraction of sp³-hybridized carbons (Fsp3) is 0.579. The van der Waals surface area contributed by atoms with Crippen molar-refractivity contribution in [3.05, 3.63) is 29.8 Å². The first-order chi connectivity index (χ1) is 12.8. The number of halogens is 3. The molecule has 1 heterocycles. The molecule has 2 amide bonds. The highest BCUT2D eigenvalue weighted by atomic mass is 32.2. The van der Waals surface area contributed by atoms with Gasteiger partial charge in [-0.3, -0.25) is 9.59 Å². The normalized spacial score (nSPS) is 17.6. The van der Waals surface area contributed by atoms with Gasteiger partial charge >= 0.3 is 6.18 Å². The van der Waals surface area contributed by atoms with Crippen molar-refractivity contribution in [2.45, 2.75) is 38.3 Å². The molecular formula is C19H25F3N2O2S. The Labute approximate surface area is 161 Å². The minimum Gasteiger partial charge on any atom is -0.342 e. The molecule has 1 aliphatic heterocycles. The molecule has 0 aliphatic carbocycles. The van der Waals surface area contributed by atoms with Gasteiger partial charge in [0, 0.05) is 37.4 Å². The fourth-order valence-corrected chi connectivity index (χ4v) is 3.55. The van der Waals surface area contributed by atoms with Crippen molar-refractivity contribution in [3.8, 4) is 0 Å². The first-order valence-electron chi connectivity index (χ1n) is 9.03. The molecule has 0 radical (unpaired) electrons. The molecule has 0 unspecified atom stereocenters. The number of amides is 2. The van der Waals surface area contributed by atoms with Crippen LogP contribution in [0.5, 0.6) is 0 Å². The van der Waals surface area contributed by atoms with Crippen LogP contribution in [0.15, 0.2) is 24.3 Å². The zero-order valence-electron chi connectivity index (χ0n) is 15.3. The molecular weight excluding hydrogens is 377 g/mol. The van der Waals surface area contributed by atoms with Gasteiger partial charge in [-0.2, -0.15) is 24.9 Å². The number of nitrogens with one attached hydrogen (secondary N) is 1. The number of thioether (sulfide) groups is 1. The summed E-state index contributed by atoms with van der Waals surface area (Å²) in [7, 11) is 0. The van der Waals surface area contributed by atoms with Crippen LogP contribution in [0, 0.1) is 5.92 Å². The standard InChI is InChI=1S/C19H25F3N2O2S/c1-27-12-10-18(26)24-11-2-3-14(13-24)4-9-17(25)23-16-7-5-15(6-8-16)19(20,21)22/h5-8,14H,2-4,9-13H2,1H3,(H,23,25)/t14-/m0/s1. The van der Waals surface area contributed by atoms with Gasteiger partial charge < -0.3 is 10.2 Å². The first-order valence-corrected chi connectivity index (χ1v) is 10.4. The maximum absolute atomic E-state index is 12.5. The maximum Gasteiger partial charge on any atom is 0.416 e. The topological polar surface area (TPSA) is 49.4 Å². The molecule has 0 spiro atoms. The third kappa shape index (κ3) is 7.08. The Morgan fingerprint density at radius 3 is 2.56 bits per heavy atom. The zero-order valence-corrected chi connectivity index (χ0v) is 16.2. The summed E-state index contributed by atoms with van der Waals surface area (Å²) in [6.07, 6.45) is 1.01. The number of hydrogen-bond acceptors (Lipinski definition) is 3. The van der Waals surface area contributed by atoms with Crippen molar-refractivity contribution >= 4 is 29.3 Å². The lowest BCUT2D eigenvalue weighted by molar-refractivity contribution is -0.137. The van der Waals surface area contributed by atoms with E-state index in [1.807, 2.05) is 11.2 Å². The average molecular weight is 402 g/mol. The number of anilines is 1. The summed E-state index contributed by atoms with van der Waals surface area (Å²) in [5, 5.41) is 2.63.